The Morgan fingerprint density at radius 3 is 1.81 bits per heavy atom. The molecule has 3 aliphatic rings. The second-order valence-corrected chi connectivity index (χ2v) is 14.4. The molecule has 42 heavy (non-hydrogen) atoms. The largest absolute Gasteiger partial charge is 0.393 e. The maximum absolute atomic E-state index is 10.2. The highest BCUT2D eigenvalue weighted by atomic mass is 16.6. The van der Waals surface area contributed by atoms with Crippen LogP contribution in [0.25, 0.3) is 0 Å². The van der Waals surface area contributed by atoms with Gasteiger partial charge in [-0.2, -0.15) is 0 Å². The molecule has 3 atom stereocenters. The van der Waals surface area contributed by atoms with E-state index in [-0.39, 0.29) is 28.1 Å². The monoisotopic (exact) mass is 568 g/mol. The highest BCUT2D eigenvalue weighted by Crippen LogP contribution is 2.66. The summed E-state index contributed by atoms with van der Waals surface area (Å²) in [5, 5.41) is 10.2. The van der Waals surface area contributed by atoms with E-state index in [1.165, 1.54) is 52.7 Å². The standard InChI is InChI=1S/C40H56O2/c1-30(18-13-20-32(3)23-24-36-34(5)22-15-26-37(36,6)7)16-11-12-17-31(2)19-14-21-33(4)25-27-40-38(8,9)28-35(41)29-39(40,10)42-40/h11-14,16-21,23-25,27,35,41H,15,22,26,28-29H2,1-10H3/b12-11+,18-13+,19-14+,24-23+,27-25+,30-16+,31-17+,32-20+,33-21+. The number of ether oxygens (including phenoxy) is 1. The summed E-state index contributed by atoms with van der Waals surface area (Å²) in [5.41, 5.74) is 7.55. The van der Waals surface area contributed by atoms with Crippen molar-refractivity contribution in [3.8, 4) is 0 Å². The Bertz CT molecular complexity index is 1300. The van der Waals surface area contributed by atoms with Crippen LogP contribution < -0.4 is 0 Å². The third-order valence-corrected chi connectivity index (χ3v) is 9.41. The average molecular weight is 569 g/mol. The molecule has 2 nitrogen and oxygen atoms in total. The SMILES string of the molecule is CC1=C(/C=C/C(C)=C/C=C/C(C)=C/C=C/C=C(C)/C=C/C=C(C)/C=C/C23OC2(C)CC(O)CC3(C)C)C(C)(C)CCC1. The predicted octanol–water partition coefficient (Wildman–Crippen LogP) is 10.8. The number of allylic oxidation sites excluding steroid dienone is 19. The van der Waals surface area contributed by atoms with E-state index < -0.39 is 0 Å². The first-order valence-corrected chi connectivity index (χ1v) is 15.8. The van der Waals surface area contributed by atoms with Gasteiger partial charge < -0.3 is 9.84 Å². The van der Waals surface area contributed by atoms with E-state index in [2.05, 4.69) is 154 Å². The summed E-state index contributed by atoms with van der Waals surface area (Å²) in [6.45, 7) is 22.1. The smallest absolute Gasteiger partial charge is 0.121 e. The van der Waals surface area contributed by atoms with Gasteiger partial charge in [0.2, 0.25) is 0 Å². The molecule has 0 aromatic carbocycles. The van der Waals surface area contributed by atoms with Crippen LogP contribution >= 0.6 is 0 Å². The van der Waals surface area contributed by atoms with Crippen molar-refractivity contribution in [1.82, 2.24) is 0 Å². The minimum atomic E-state index is -0.283. The lowest BCUT2D eigenvalue weighted by atomic mass is 9.63. The number of epoxide rings is 1. The van der Waals surface area contributed by atoms with Gasteiger partial charge in [0.25, 0.3) is 0 Å². The zero-order valence-corrected chi connectivity index (χ0v) is 28.1. The fourth-order valence-corrected chi connectivity index (χ4v) is 6.89. The van der Waals surface area contributed by atoms with E-state index in [0.29, 0.717) is 6.42 Å². The molecule has 1 N–H and O–H groups in total. The lowest BCUT2D eigenvalue weighted by Gasteiger charge is -2.39. The van der Waals surface area contributed by atoms with Crippen molar-refractivity contribution in [2.75, 3.05) is 0 Å². The summed E-state index contributed by atoms with van der Waals surface area (Å²) in [4.78, 5) is 0. The van der Waals surface area contributed by atoms with E-state index in [9.17, 15) is 5.11 Å². The molecule has 0 amide bonds. The number of aliphatic hydroxyl groups is 1. The first-order valence-electron chi connectivity index (χ1n) is 15.8. The van der Waals surface area contributed by atoms with Crippen LogP contribution in [0, 0.1) is 10.8 Å². The second-order valence-electron chi connectivity index (χ2n) is 14.4. The fourth-order valence-electron chi connectivity index (χ4n) is 6.89. The highest BCUT2D eigenvalue weighted by molar-refractivity contribution is 5.38. The lowest BCUT2D eigenvalue weighted by molar-refractivity contribution is 0.0515. The van der Waals surface area contributed by atoms with Crippen molar-refractivity contribution >= 4 is 0 Å². The Hall–Kier alpha value is -2.68. The van der Waals surface area contributed by atoms with Crippen molar-refractivity contribution in [2.45, 2.75) is 119 Å². The van der Waals surface area contributed by atoms with Gasteiger partial charge >= 0.3 is 0 Å². The fraction of sp³-hybridized carbons (Fsp3) is 0.500. The number of aliphatic hydroxyl groups excluding tert-OH is 1. The molecule has 0 aromatic heterocycles. The zero-order valence-electron chi connectivity index (χ0n) is 28.1. The quantitative estimate of drug-likeness (QED) is 0.210. The Morgan fingerprint density at radius 1 is 0.738 bits per heavy atom. The molecule has 3 rings (SSSR count). The molecule has 1 saturated heterocycles. The van der Waals surface area contributed by atoms with E-state index in [0.717, 1.165) is 6.42 Å². The summed E-state index contributed by atoms with van der Waals surface area (Å²) < 4.78 is 6.25. The van der Waals surface area contributed by atoms with Gasteiger partial charge in [-0.15, -0.1) is 0 Å². The van der Waals surface area contributed by atoms with E-state index in [1.54, 1.807) is 0 Å². The van der Waals surface area contributed by atoms with Crippen LogP contribution in [0.4, 0.5) is 0 Å². The molecule has 3 unspecified atom stereocenters. The van der Waals surface area contributed by atoms with Gasteiger partial charge in [0.1, 0.15) is 11.2 Å². The molecular formula is C40H56O2. The molecule has 0 radical (unpaired) electrons. The van der Waals surface area contributed by atoms with Crippen molar-refractivity contribution < 1.29 is 9.84 Å². The van der Waals surface area contributed by atoms with E-state index in [4.69, 9.17) is 4.74 Å². The van der Waals surface area contributed by atoms with E-state index >= 15 is 0 Å². The normalized spacial score (nSPS) is 31.0. The Balaban J connectivity index is 1.49. The molecule has 0 aromatic rings. The third kappa shape index (κ3) is 8.45. The number of hydrogen-bond acceptors (Lipinski definition) is 2. The summed E-state index contributed by atoms with van der Waals surface area (Å²) in [5.74, 6) is 0. The summed E-state index contributed by atoms with van der Waals surface area (Å²) in [6, 6.07) is 0. The molecule has 1 aliphatic heterocycles. The minimum absolute atomic E-state index is 0.0868. The second kappa shape index (κ2) is 13.7. The van der Waals surface area contributed by atoms with Gasteiger partial charge in [-0.25, -0.2) is 0 Å². The first-order chi connectivity index (χ1) is 19.6. The molecule has 0 bridgehead atoms. The van der Waals surface area contributed by atoms with Gasteiger partial charge in [0.15, 0.2) is 0 Å². The van der Waals surface area contributed by atoms with Crippen molar-refractivity contribution in [2.24, 2.45) is 10.8 Å². The molecule has 1 heterocycles. The number of hydrogen-bond donors (Lipinski definition) is 1. The van der Waals surface area contributed by atoms with Gasteiger partial charge in [-0.05, 0) is 84.3 Å². The maximum atomic E-state index is 10.2. The predicted molar refractivity (Wildman–Crippen MR) is 182 cm³/mol. The maximum Gasteiger partial charge on any atom is 0.121 e. The van der Waals surface area contributed by atoms with Crippen molar-refractivity contribution in [3.05, 3.63) is 119 Å². The highest BCUT2D eigenvalue weighted by Gasteiger charge is 2.74. The van der Waals surface area contributed by atoms with Crippen LogP contribution in [0.5, 0.6) is 0 Å². The number of rotatable bonds is 10. The molecule has 1 saturated carbocycles. The molecule has 0 spiro atoms. The minimum Gasteiger partial charge on any atom is -0.393 e. The summed E-state index contributed by atoms with van der Waals surface area (Å²) in [7, 11) is 0. The van der Waals surface area contributed by atoms with Crippen LogP contribution in [-0.4, -0.2) is 22.4 Å². The Kier molecular flexibility index (Phi) is 11.1. The van der Waals surface area contributed by atoms with Gasteiger partial charge in [-0.3, -0.25) is 0 Å². The lowest BCUT2D eigenvalue weighted by Crippen LogP contribution is -2.46. The summed E-state index contributed by atoms with van der Waals surface area (Å²) in [6.07, 6.45) is 35.2. The molecular weight excluding hydrogens is 512 g/mol. The molecule has 2 aliphatic carbocycles. The van der Waals surface area contributed by atoms with Crippen LogP contribution in [0.2, 0.25) is 0 Å². The third-order valence-electron chi connectivity index (χ3n) is 9.41. The van der Waals surface area contributed by atoms with Crippen molar-refractivity contribution in [3.63, 3.8) is 0 Å². The van der Waals surface area contributed by atoms with E-state index in [1.807, 2.05) is 0 Å². The average Bonchev–Trinajstić information content (AvgIpc) is 3.50. The summed E-state index contributed by atoms with van der Waals surface area (Å²) >= 11 is 0. The van der Waals surface area contributed by atoms with Crippen LogP contribution in [-0.2, 0) is 4.74 Å². The Labute approximate surface area is 257 Å². The topological polar surface area (TPSA) is 32.8 Å². The van der Waals surface area contributed by atoms with Gasteiger partial charge in [0.05, 0.1) is 6.10 Å². The van der Waals surface area contributed by atoms with Crippen LogP contribution in [0.15, 0.2) is 119 Å². The first kappa shape index (κ1) is 33.8. The van der Waals surface area contributed by atoms with Crippen LogP contribution in [0.1, 0.15) is 101 Å². The molecule has 228 valence electrons. The zero-order chi connectivity index (χ0) is 31.2. The Morgan fingerprint density at radius 2 is 1.26 bits per heavy atom. The molecule has 2 heteroatoms. The van der Waals surface area contributed by atoms with Crippen LogP contribution in [0.3, 0.4) is 0 Å². The van der Waals surface area contributed by atoms with Crippen molar-refractivity contribution in [1.29, 1.82) is 0 Å². The number of fused-ring (bicyclic) bond motifs is 1. The van der Waals surface area contributed by atoms with Gasteiger partial charge in [0, 0.05) is 11.8 Å². The molecule has 2 fully saturated rings. The van der Waals surface area contributed by atoms with Gasteiger partial charge in [-0.1, -0.05) is 135 Å².